The molecule has 6 heteroatoms. The molecule has 6 nitrogen and oxygen atoms in total. The second-order valence-electron chi connectivity index (χ2n) is 4.36. The second kappa shape index (κ2) is 5.09. The SMILES string of the molecule is O=C(O)c1cc(-c2cccnc2)n(-c2ccccc2O)n1. The van der Waals surface area contributed by atoms with E-state index in [9.17, 15) is 9.90 Å². The molecule has 0 spiro atoms. The second-order valence-corrected chi connectivity index (χ2v) is 4.36. The lowest BCUT2D eigenvalue weighted by Crippen LogP contribution is -2.02. The molecule has 0 aliphatic carbocycles. The van der Waals surface area contributed by atoms with Gasteiger partial charge in [-0.1, -0.05) is 12.1 Å². The highest BCUT2D eigenvalue weighted by molar-refractivity contribution is 5.87. The molecular weight excluding hydrogens is 270 g/mol. The van der Waals surface area contributed by atoms with Crippen LogP contribution < -0.4 is 0 Å². The molecule has 2 N–H and O–H groups in total. The largest absolute Gasteiger partial charge is 0.506 e. The number of carboxylic acids is 1. The molecule has 0 amide bonds. The van der Waals surface area contributed by atoms with Gasteiger partial charge < -0.3 is 10.2 Å². The number of rotatable bonds is 3. The van der Waals surface area contributed by atoms with E-state index in [1.54, 1.807) is 42.7 Å². The van der Waals surface area contributed by atoms with Crippen molar-refractivity contribution in [1.29, 1.82) is 0 Å². The van der Waals surface area contributed by atoms with Crippen LogP contribution in [0.15, 0.2) is 54.9 Å². The summed E-state index contributed by atoms with van der Waals surface area (Å²) in [5.41, 5.74) is 1.56. The topological polar surface area (TPSA) is 88.2 Å². The average Bonchev–Trinajstić information content (AvgIpc) is 2.94. The number of phenolic OH excluding ortho intramolecular Hbond substituents is 1. The fourth-order valence-corrected chi connectivity index (χ4v) is 2.03. The minimum absolute atomic E-state index is 0.0164. The smallest absolute Gasteiger partial charge is 0.356 e. The predicted octanol–water partition coefficient (Wildman–Crippen LogP) is 2.34. The zero-order chi connectivity index (χ0) is 14.8. The van der Waals surface area contributed by atoms with Crippen molar-refractivity contribution in [3.05, 3.63) is 60.6 Å². The Morgan fingerprint density at radius 2 is 1.95 bits per heavy atom. The van der Waals surface area contributed by atoms with Crippen molar-refractivity contribution in [2.24, 2.45) is 0 Å². The van der Waals surface area contributed by atoms with Crippen LogP contribution >= 0.6 is 0 Å². The Morgan fingerprint density at radius 3 is 2.62 bits per heavy atom. The normalized spacial score (nSPS) is 10.5. The number of nitrogens with zero attached hydrogens (tertiary/aromatic N) is 3. The fraction of sp³-hybridized carbons (Fsp3) is 0. The zero-order valence-corrected chi connectivity index (χ0v) is 10.8. The lowest BCUT2D eigenvalue weighted by Gasteiger charge is -2.08. The van der Waals surface area contributed by atoms with Crippen LogP contribution in [0.2, 0.25) is 0 Å². The first kappa shape index (κ1) is 12.9. The van der Waals surface area contributed by atoms with Crippen molar-refractivity contribution in [1.82, 2.24) is 14.8 Å². The van der Waals surface area contributed by atoms with Crippen LogP contribution in [-0.2, 0) is 0 Å². The highest BCUT2D eigenvalue weighted by atomic mass is 16.4. The molecule has 0 aliphatic heterocycles. The third-order valence-electron chi connectivity index (χ3n) is 3.00. The Labute approximate surface area is 119 Å². The third-order valence-corrected chi connectivity index (χ3v) is 3.00. The van der Waals surface area contributed by atoms with E-state index >= 15 is 0 Å². The van der Waals surface area contributed by atoms with Gasteiger partial charge in [0.15, 0.2) is 5.69 Å². The van der Waals surface area contributed by atoms with E-state index < -0.39 is 5.97 Å². The molecule has 2 aromatic heterocycles. The number of carbonyl (C=O) groups is 1. The number of aromatic nitrogens is 3. The van der Waals surface area contributed by atoms with Crippen molar-refractivity contribution in [2.45, 2.75) is 0 Å². The number of hydrogen-bond acceptors (Lipinski definition) is 4. The summed E-state index contributed by atoms with van der Waals surface area (Å²) in [6.07, 6.45) is 3.24. The lowest BCUT2D eigenvalue weighted by atomic mass is 10.2. The van der Waals surface area contributed by atoms with E-state index in [1.807, 2.05) is 0 Å². The molecule has 0 saturated carbocycles. The summed E-state index contributed by atoms with van der Waals surface area (Å²) in [5, 5.41) is 23.1. The number of benzene rings is 1. The quantitative estimate of drug-likeness (QED) is 0.769. The summed E-state index contributed by atoms with van der Waals surface area (Å²) in [6.45, 7) is 0. The maximum Gasteiger partial charge on any atom is 0.356 e. The lowest BCUT2D eigenvalue weighted by molar-refractivity contribution is 0.0690. The molecule has 0 unspecified atom stereocenters. The van der Waals surface area contributed by atoms with Crippen LogP contribution in [0.1, 0.15) is 10.5 Å². The molecule has 0 saturated heterocycles. The number of pyridine rings is 1. The molecule has 0 atom stereocenters. The first-order valence-corrected chi connectivity index (χ1v) is 6.19. The van der Waals surface area contributed by atoms with Gasteiger partial charge in [-0.2, -0.15) is 5.10 Å². The molecule has 104 valence electrons. The minimum Gasteiger partial charge on any atom is -0.506 e. The summed E-state index contributed by atoms with van der Waals surface area (Å²) in [4.78, 5) is 15.2. The van der Waals surface area contributed by atoms with Crippen molar-refractivity contribution in [3.8, 4) is 22.7 Å². The summed E-state index contributed by atoms with van der Waals surface area (Å²) < 4.78 is 1.40. The van der Waals surface area contributed by atoms with E-state index in [-0.39, 0.29) is 11.4 Å². The zero-order valence-electron chi connectivity index (χ0n) is 10.8. The fourth-order valence-electron chi connectivity index (χ4n) is 2.03. The minimum atomic E-state index is -1.13. The van der Waals surface area contributed by atoms with Gasteiger partial charge in [-0.3, -0.25) is 4.98 Å². The first-order chi connectivity index (χ1) is 10.2. The standard InChI is InChI=1S/C15H11N3O3/c19-14-6-2-1-5-12(14)18-13(8-11(17-18)15(20)21)10-4-3-7-16-9-10/h1-9,19H,(H,20,21). The molecule has 0 aliphatic rings. The molecule has 0 fully saturated rings. The van der Waals surface area contributed by atoms with Gasteiger partial charge in [0.1, 0.15) is 11.4 Å². The molecule has 3 aromatic rings. The number of hydrogen-bond donors (Lipinski definition) is 2. The highest BCUT2D eigenvalue weighted by Gasteiger charge is 2.17. The van der Waals surface area contributed by atoms with Gasteiger partial charge in [0.2, 0.25) is 0 Å². The summed E-state index contributed by atoms with van der Waals surface area (Å²) in [5.74, 6) is -1.11. The van der Waals surface area contributed by atoms with Crippen LogP contribution in [0, 0.1) is 0 Å². The molecule has 1 aromatic carbocycles. The Bertz CT molecular complexity index is 797. The Morgan fingerprint density at radius 1 is 1.14 bits per heavy atom. The summed E-state index contributed by atoms with van der Waals surface area (Å²) in [7, 11) is 0. The first-order valence-electron chi connectivity index (χ1n) is 6.19. The van der Waals surface area contributed by atoms with Crippen molar-refractivity contribution < 1.29 is 15.0 Å². The Balaban J connectivity index is 2.24. The van der Waals surface area contributed by atoms with Crippen molar-refractivity contribution in [2.75, 3.05) is 0 Å². The van der Waals surface area contributed by atoms with E-state index in [1.165, 1.54) is 16.8 Å². The summed E-state index contributed by atoms with van der Waals surface area (Å²) in [6, 6.07) is 11.6. The van der Waals surface area contributed by atoms with E-state index in [0.29, 0.717) is 16.9 Å². The molecule has 21 heavy (non-hydrogen) atoms. The van der Waals surface area contributed by atoms with E-state index in [0.717, 1.165) is 0 Å². The number of aromatic hydroxyl groups is 1. The van der Waals surface area contributed by atoms with Crippen LogP contribution in [0.3, 0.4) is 0 Å². The van der Waals surface area contributed by atoms with E-state index in [4.69, 9.17) is 5.11 Å². The molecule has 2 heterocycles. The number of para-hydroxylation sites is 2. The molecule has 0 bridgehead atoms. The molecule has 3 rings (SSSR count). The van der Waals surface area contributed by atoms with Gasteiger partial charge in [0, 0.05) is 18.0 Å². The molecule has 0 radical (unpaired) electrons. The Kier molecular flexibility index (Phi) is 3.12. The maximum atomic E-state index is 11.2. The third kappa shape index (κ3) is 2.34. The van der Waals surface area contributed by atoms with Crippen LogP contribution in [-0.4, -0.2) is 30.9 Å². The van der Waals surface area contributed by atoms with Gasteiger partial charge in [-0.15, -0.1) is 0 Å². The van der Waals surface area contributed by atoms with Gasteiger partial charge in [0.05, 0.1) is 5.69 Å². The van der Waals surface area contributed by atoms with Gasteiger partial charge in [0.25, 0.3) is 0 Å². The van der Waals surface area contributed by atoms with Crippen LogP contribution in [0.4, 0.5) is 0 Å². The monoisotopic (exact) mass is 281 g/mol. The maximum absolute atomic E-state index is 11.2. The number of carboxylic acid groups (broad SMARTS) is 1. The van der Waals surface area contributed by atoms with Crippen LogP contribution in [0.5, 0.6) is 5.75 Å². The van der Waals surface area contributed by atoms with Gasteiger partial charge in [-0.05, 0) is 30.3 Å². The van der Waals surface area contributed by atoms with Crippen LogP contribution in [0.25, 0.3) is 16.9 Å². The predicted molar refractivity (Wildman–Crippen MR) is 75.4 cm³/mol. The number of aromatic carboxylic acids is 1. The summed E-state index contributed by atoms with van der Waals surface area (Å²) >= 11 is 0. The van der Waals surface area contributed by atoms with Crippen molar-refractivity contribution >= 4 is 5.97 Å². The van der Waals surface area contributed by atoms with Gasteiger partial charge in [-0.25, -0.2) is 9.48 Å². The van der Waals surface area contributed by atoms with E-state index in [2.05, 4.69) is 10.1 Å². The average molecular weight is 281 g/mol. The van der Waals surface area contributed by atoms with Gasteiger partial charge >= 0.3 is 5.97 Å². The Hall–Kier alpha value is -3.15. The number of phenols is 1. The highest BCUT2D eigenvalue weighted by Crippen LogP contribution is 2.27. The van der Waals surface area contributed by atoms with Crippen molar-refractivity contribution in [3.63, 3.8) is 0 Å². The molecular formula is C15H11N3O3.